The fourth-order valence-electron chi connectivity index (χ4n) is 2.60. The van der Waals surface area contributed by atoms with Crippen LogP contribution in [0.2, 0.25) is 0 Å². The van der Waals surface area contributed by atoms with Gasteiger partial charge in [0.2, 0.25) is 5.91 Å². The lowest BCUT2D eigenvalue weighted by Gasteiger charge is -2.35. The summed E-state index contributed by atoms with van der Waals surface area (Å²) < 4.78 is 11.8. The molecule has 0 aromatic rings. The van der Waals surface area contributed by atoms with Crippen molar-refractivity contribution in [3.63, 3.8) is 0 Å². The van der Waals surface area contributed by atoms with Gasteiger partial charge in [0, 0.05) is 29.1 Å². The lowest BCUT2D eigenvalue weighted by atomic mass is 9.94. The Morgan fingerprint density at radius 1 is 1.39 bits per heavy atom. The Labute approximate surface area is 112 Å². The van der Waals surface area contributed by atoms with Crippen LogP contribution in [-0.2, 0) is 15.6 Å². The molecule has 106 valence electrons. The number of rotatable bonds is 6. The van der Waals surface area contributed by atoms with Crippen molar-refractivity contribution >= 4 is 16.7 Å². The molecule has 0 saturated heterocycles. The number of hydrogen-bond acceptors (Lipinski definition) is 3. The highest BCUT2D eigenvalue weighted by molar-refractivity contribution is 7.86. The van der Waals surface area contributed by atoms with E-state index < -0.39 is 16.0 Å². The molecule has 1 saturated carbocycles. The number of aliphatic hydroxyl groups is 1. The van der Waals surface area contributed by atoms with E-state index in [0.29, 0.717) is 12.6 Å². The molecule has 0 radical (unpaired) electrons. The summed E-state index contributed by atoms with van der Waals surface area (Å²) >= 11 is 0. The Morgan fingerprint density at radius 2 is 2.00 bits per heavy atom. The summed E-state index contributed by atoms with van der Waals surface area (Å²) in [6.07, 6.45) is 5.76. The van der Waals surface area contributed by atoms with Gasteiger partial charge in [0.25, 0.3) is 0 Å². The Morgan fingerprint density at radius 3 is 2.50 bits per heavy atom. The minimum Gasteiger partial charge on any atom is -0.395 e. The minimum atomic E-state index is -1.26. The highest BCUT2D eigenvalue weighted by Crippen LogP contribution is 2.23. The van der Waals surface area contributed by atoms with Crippen molar-refractivity contribution in [3.8, 4) is 0 Å². The highest BCUT2D eigenvalue weighted by Gasteiger charge is 2.29. The Bertz CT molecular complexity index is 290. The number of carbonyl (C=O) groups excluding carboxylic acids is 1. The van der Waals surface area contributed by atoms with E-state index in [4.69, 9.17) is 5.11 Å². The molecule has 0 aromatic heterocycles. The van der Waals surface area contributed by atoms with Gasteiger partial charge in [0.05, 0.1) is 6.61 Å². The molecule has 0 heterocycles. The fourth-order valence-corrected chi connectivity index (χ4v) is 3.49. The predicted molar refractivity (Wildman–Crippen MR) is 73.8 cm³/mol. The van der Waals surface area contributed by atoms with Crippen LogP contribution in [0.1, 0.15) is 46.0 Å². The summed E-state index contributed by atoms with van der Waals surface area (Å²) in [5.41, 5.74) is 0. The average molecular weight is 275 g/mol. The van der Waals surface area contributed by atoms with Crippen LogP contribution in [0.3, 0.4) is 0 Å². The molecular formula is C13H25NO3S. The van der Waals surface area contributed by atoms with Crippen LogP contribution < -0.4 is 0 Å². The third-order valence-corrected chi connectivity index (χ3v) is 5.25. The second kappa shape index (κ2) is 7.89. The van der Waals surface area contributed by atoms with E-state index in [1.807, 2.05) is 11.8 Å². The third kappa shape index (κ3) is 4.05. The summed E-state index contributed by atoms with van der Waals surface area (Å²) in [7, 11) is -1.26. The molecule has 1 amide bonds. The minimum absolute atomic E-state index is 0.0174. The van der Waals surface area contributed by atoms with Crippen LogP contribution in [0, 0.1) is 0 Å². The molecule has 1 fully saturated rings. The molecule has 1 aliphatic carbocycles. The molecule has 0 bridgehead atoms. The normalized spacial score (nSPS) is 20.4. The first-order valence-electron chi connectivity index (χ1n) is 6.90. The van der Waals surface area contributed by atoms with Crippen molar-refractivity contribution in [1.29, 1.82) is 0 Å². The zero-order chi connectivity index (χ0) is 13.5. The Balaban J connectivity index is 2.62. The van der Waals surface area contributed by atoms with E-state index in [0.717, 1.165) is 12.8 Å². The monoisotopic (exact) mass is 275 g/mol. The average Bonchev–Trinajstić information content (AvgIpc) is 2.40. The first-order chi connectivity index (χ1) is 8.61. The summed E-state index contributed by atoms with van der Waals surface area (Å²) in [5, 5.41) is 8.29. The van der Waals surface area contributed by atoms with E-state index in [2.05, 4.69) is 0 Å². The molecule has 2 unspecified atom stereocenters. The highest BCUT2D eigenvalue weighted by atomic mass is 32.2. The first-order valence-corrected chi connectivity index (χ1v) is 8.28. The van der Waals surface area contributed by atoms with Crippen LogP contribution in [-0.4, -0.2) is 50.3 Å². The van der Waals surface area contributed by atoms with Crippen molar-refractivity contribution in [1.82, 2.24) is 4.90 Å². The molecule has 1 N–H and O–H groups in total. The van der Waals surface area contributed by atoms with Crippen LogP contribution in [0.25, 0.3) is 0 Å². The van der Waals surface area contributed by atoms with Crippen molar-refractivity contribution in [2.45, 2.75) is 57.2 Å². The topological polar surface area (TPSA) is 57.6 Å². The zero-order valence-corrected chi connectivity index (χ0v) is 12.2. The largest absolute Gasteiger partial charge is 0.395 e. The van der Waals surface area contributed by atoms with Gasteiger partial charge in [-0.3, -0.25) is 9.00 Å². The number of carbonyl (C=O) groups is 1. The van der Waals surface area contributed by atoms with Gasteiger partial charge in [-0.1, -0.05) is 19.3 Å². The van der Waals surface area contributed by atoms with Gasteiger partial charge in [-0.2, -0.15) is 0 Å². The van der Waals surface area contributed by atoms with E-state index in [1.54, 1.807) is 6.92 Å². The number of amides is 1. The first kappa shape index (κ1) is 15.6. The molecule has 18 heavy (non-hydrogen) atoms. The lowest BCUT2D eigenvalue weighted by molar-refractivity contribution is -0.133. The SMILES string of the molecule is CCN(C(=O)C(C)S(=O)CCO)C1CCCCC1. The van der Waals surface area contributed by atoms with Gasteiger partial charge >= 0.3 is 0 Å². The van der Waals surface area contributed by atoms with Crippen molar-refractivity contribution in [2.75, 3.05) is 18.9 Å². The van der Waals surface area contributed by atoms with E-state index in [-0.39, 0.29) is 18.3 Å². The molecule has 4 nitrogen and oxygen atoms in total. The number of nitrogens with zero attached hydrogens (tertiary/aromatic N) is 1. The fraction of sp³-hybridized carbons (Fsp3) is 0.923. The predicted octanol–water partition coefficient (Wildman–Crippen LogP) is 1.30. The second-order valence-corrected chi connectivity index (χ2v) is 6.74. The maximum Gasteiger partial charge on any atom is 0.238 e. The zero-order valence-electron chi connectivity index (χ0n) is 11.4. The van der Waals surface area contributed by atoms with E-state index in [1.165, 1.54) is 19.3 Å². The molecule has 0 aromatic carbocycles. The van der Waals surface area contributed by atoms with Crippen LogP contribution in [0.5, 0.6) is 0 Å². The van der Waals surface area contributed by atoms with Crippen LogP contribution >= 0.6 is 0 Å². The van der Waals surface area contributed by atoms with E-state index >= 15 is 0 Å². The summed E-state index contributed by atoms with van der Waals surface area (Å²) in [4.78, 5) is 14.2. The van der Waals surface area contributed by atoms with Gasteiger partial charge in [-0.05, 0) is 26.7 Å². The van der Waals surface area contributed by atoms with Gasteiger partial charge < -0.3 is 10.0 Å². The third-order valence-electron chi connectivity index (χ3n) is 3.67. The van der Waals surface area contributed by atoms with Gasteiger partial charge in [-0.25, -0.2) is 0 Å². The van der Waals surface area contributed by atoms with Crippen LogP contribution in [0.4, 0.5) is 0 Å². The molecule has 5 heteroatoms. The van der Waals surface area contributed by atoms with E-state index in [9.17, 15) is 9.00 Å². The van der Waals surface area contributed by atoms with Crippen LogP contribution in [0.15, 0.2) is 0 Å². The van der Waals surface area contributed by atoms with Gasteiger partial charge in [0.1, 0.15) is 5.25 Å². The smallest absolute Gasteiger partial charge is 0.238 e. The molecular weight excluding hydrogens is 250 g/mol. The second-order valence-electron chi connectivity index (χ2n) is 4.87. The number of aliphatic hydroxyl groups excluding tert-OH is 1. The molecule has 0 aliphatic heterocycles. The van der Waals surface area contributed by atoms with Gasteiger partial charge in [0.15, 0.2) is 0 Å². The Hall–Kier alpha value is -0.420. The maximum absolute atomic E-state index is 12.3. The maximum atomic E-state index is 12.3. The summed E-state index contributed by atoms with van der Waals surface area (Å²) in [6.45, 7) is 4.25. The summed E-state index contributed by atoms with van der Waals surface area (Å²) in [6, 6.07) is 0.324. The van der Waals surface area contributed by atoms with Crippen molar-refractivity contribution < 1.29 is 14.1 Å². The molecule has 2 atom stereocenters. The quantitative estimate of drug-likeness (QED) is 0.795. The number of hydrogen-bond donors (Lipinski definition) is 1. The standard InChI is InChI=1S/C13H25NO3S/c1-3-14(12-7-5-4-6-8-12)13(16)11(2)18(17)10-9-15/h11-12,15H,3-10H2,1-2H3. The van der Waals surface area contributed by atoms with Gasteiger partial charge in [-0.15, -0.1) is 0 Å². The lowest BCUT2D eigenvalue weighted by Crippen LogP contribution is -2.47. The van der Waals surface area contributed by atoms with Crippen molar-refractivity contribution in [3.05, 3.63) is 0 Å². The van der Waals surface area contributed by atoms with Crippen molar-refractivity contribution in [2.24, 2.45) is 0 Å². The Kier molecular flexibility index (Phi) is 6.86. The molecule has 1 rings (SSSR count). The summed E-state index contributed by atoms with van der Waals surface area (Å²) in [5.74, 6) is 0.172. The molecule has 1 aliphatic rings. The molecule has 0 spiro atoms.